The third kappa shape index (κ3) is 5.94. The molecule has 0 amide bonds. The molecule has 4 aromatic rings. The van der Waals surface area contributed by atoms with Crippen molar-refractivity contribution < 1.29 is 24.2 Å². The van der Waals surface area contributed by atoms with Crippen LogP contribution in [0.1, 0.15) is 59.6 Å². The Balaban J connectivity index is 1.39. The Kier molecular flexibility index (Phi) is 8.69. The van der Waals surface area contributed by atoms with E-state index in [4.69, 9.17) is 55.0 Å². The van der Waals surface area contributed by atoms with Gasteiger partial charge < -0.3 is 20.3 Å². The molecule has 3 aromatic carbocycles. The van der Waals surface area contributed by atoms with Gasteiger partial charge in [0.2, 0.25) is 0 Å². The minimum Gasteiger partial charge on any atom is -0.494 e. The monoisotopic (exact) mass is 658 g/mol. The van der Waals surface area contributed by atoms with Crippen molar-refractivity contribution in [3.05, 3.63) is 90.9 Å². The lowest BCUT2D eigenvalue weighted by Crippen LogP contribution is -2.21. The van der Waals surface area contributed by atoms with Gasteiger partial charge in [-0.05, 0) is 48.4 Å². The largest absolute Gasteiger partial charge is 0.494 e. The lowest BCUT2D eigenvalue weighted by atomic mass is 9.95. The highest BCUT2D eigenvalue weighted by Gasteiger charge is 2.54. The number of carboxylic acid groups (broad SMARTS) is 1. The topological polar surface area (TPSA) is 112 Å². The molecule has 1 aliphatic rings. The molecular weight excluding hydrogens is 631 g/mol. The zero-order valence-corrected chi connectivity index (χ0v) is 26.9. The number of methoxy groups -OCH3 is 1. The van der Waals surface area contributed by atoms with E-state index in [2.05, 4.69) is 6.92 Å². The van der Waals surface area contributed by atoms with Crippen molar-refractivity contribution in [3.63, 3.8) is 0 Å². The number of hydrogen-bond donors (Lipinski definition) is 2. The Bertz CT molecular complexity index is 1780. The van der Waals surface area contributed by atoms with Gasteiger partial charge in [-0.2, -0.15) is 0 Å². The zero-order chi connectivity index (χ0) is 31.2. The van der Waals surface area contributed by atoms with Crippen molar-refractivity contribution in [2.45, 2.75) is 38.5 Å². The first kappa shape index (κ1) is 31.1. The first-order chi connectivity index (χ1) is 20.3. The normalized spacial score (nSPS) is 18.5. The summed E-state index contributed by atoms with van der Waals surface area (Å²) in [6, 6.07) is 13.6. The number of carbonyl (C=O) groups is 2. The number of hydrogen-bond acceptors (Lipinski definition) is 7. The minimum atomic E-state index is -1.02. The summed E-state index contributed by atoms with van der Waals surface area (Å²) in [5, 5.41) is 11.6. The standard InChI is InChI=1S/C32H29Cl3N2O5S/c1-15(2)29(38)18(27(36)26-21(33)6-5-7-22(26)34)14-42-17-8-9-19(23(35)12-17)32(3)13-20(32)30-37-28-24(41-4)10-16(31(39)40)11-25(28)43-30/h5-12,15,20H,13-14,36H2,1-4H3,(H,39,40). The third-order valence-electron chi connectivity index (χ3n) is 7.80. The second-order valence-corrected chi connectivity index (χ2v) is 13.3. The first-order valence-corrected chi connectivity index (χ1v) is 15.4. The van der Waals surface area contributed by atoms with Crippen LogP contribution in [-0.2, 0) is 10.2 Å². The molecule has 0 aliphatic heterocycles. The van der Waals surface area contributed by atoms with E-state index < -0.39 is 5.97 Å². The summed E-state index contributed by atoms with van der Waals surface area (Å²) in [5.41, 5.74) is 8.77. The molecule has 1 saturated carbocycles. The highest BCUT2D eigenvalue weighted by atomic mass is 35.5. The average Bonchev–Trinajstić information content (AvgIpc) is 3.45. The highest BCUT2D eigenvalue weighted by molar-refractivity contribution is 7.18. The van der Waals surface area contributed by atoms with Crippen molar-refractivity contribution in [2.24, 2.45) is 11.7 Å². The molecule has 2 atom stereocenters. The zero-order valence-electron chi connectivity index (χ0n) is 23.8. The second-order valence-electron chi connectivity index (χ2n) is 11.0. The molecule has 0 saturated heterocycles. The van der Waals surface area contributed by atoms with Gasteiger partial charge in [0.15, 0.2) is 5.78 Å². The summed E-state index contributed by atoms with van der Waals surface area (Å²) in [7, 11) is 1.50. The molecule has 7 nitrogen and oxygen atoms in total. The van der Waals surface area contributed by atoms with Gasteiger partial charge in [0, 0.05) is 27.8 Å². The predicted molar refractivity (Wildman–Crippen MR) is 172 cm³/mol. The molecule has 2 unspecified atom stereocenters. The molecule has 43 heavy (non-hydrogen) atoms. The van der Waals surface area contributed by atoms with Crippen LogP contribution in [0, 0.1) is 5.92 Å². The van der Waals surface area contributed by atoms with E-state index in [1.54, 1.807) is 44.2 Å². The number of Topliss-reactive ketones (excluding diaryl/α,β-unsaturated/α-hetero) is 1. The van der Waals surface area contributed by atoms with Gasteiger partial charge in [-0.25, -0.2) is 9.78 Å². The Morgan fingerprint density at radius 2 is 1.81 bits per heavy atom. The number of rotatable bonds is 10. The lowest BCUT2D eigenvalue weighted by Gasteiger charge is -2.18. The highest BCUT2D eigenvalue weighted by Crippen LogP contribution is 2.62. The first-order valence-electron chi connectivity index (χ1n) is 13.5. The van der Waals surface area contributed by atoms with Gasteiger partial charge in [-0.3, -0.25) is 4.79 Å². The SMILES string of the molecule is COc1cc(C(=O)O)cc2sc(C3CC3(C)c3ccc(OCC(C(=O)C(C)C)=C(N)c4c(Cl)cccc4Cl)cc3Cl)nc12. The van der Waals surface area contributed by atoms with Crippen LogP contribution in [-0.4, -0.2) is 35.6 Å². The summed E-state index contributed by atoms with van der Waals surface area (Å²) >= 11 is 21.0. The lowest BCUT2D eigenvalue weighted by molar-refractivity contribution is -0.118. The number of nitrogens with two attached hydrogens (primary N) is 1. The number of carboxylic acids is 1. The van der Waals surface area contributed by atoms with Crippen LogP contribution >= 0.6 is 46.1 Å². The number of aromatic carboxylic acids is 1. The molecule has 0 radical (unpaired) electrons. The summed E-state index contributed by atoms with van der Waals surface area (Å²) in [4.78, 5) is 29.5. The number of thiazole rings is 1. The molecular formula is C32H29Cl3N2O5S. The summed E-state index contributed by atoms with van der Waals surface area (Å²) < 4.78 is 12.2. The molecule has 5 rings (SSSR count). The molecule has 11 heteroatoms. The van der Waals surface area contributed by atoms with E-state index in [1.807, 2.05) is 12.1 Å². The second kappa shape index (κ2) is 12.0. The van der Waals surface area contributed by atoms with E-state index in [0.29, 0.717) is 37.6 Å². The number of ether oxygens (including phenoxy) is 2. The summed E-state index contributed by atoms with van der Waals surface area (Å²) in [5.74, 6) is -0.506. The van der Waals surface area contributed by atoms with Gasteiger partial charge in [0.05, 0.1) is 43.7 Å². The van der Waals surface area contributed by atoms with E-state index in [0.717, 1.165) is 21.7 Å². The maximum absolute atomic E-state index is 13.1. The Morgan fingerprint density at radius 1 is 1.12 bits per heavy atom. The molecule has 1 fully saturated rings. The van der Waals surface area contributed by atoms with Crippen molar-refractivity contribution in [3.8, 4) is 11.5 Å². The van der Waals surface area contributed by atoms with Gasteiger partial charge in [0.1, 0.15) is 23.6 Å². The number of nitrogens with zero attached hydrogens (tertiary/aromatic N) is 1. The Labute approximate surface area is 268 Å². The number of ketones is 1. The van der Waals surface area contributed by atoms with Crippen LogP contribution in [0.25, 0.3) is 15.9 Å². The fourth-order valence-corrected chi connectivity index (χ4v) is 7.47. The quantitative estimate of drug-likeness (QED) is 0.165. The Hall–Kier alpha value is -3.30. The number of halogens is 3. The van der Waals surface area contributed by atoms with Crippen LogP contribution in [0.5, 0.6) is 11.5 Å². The molecule has 3 N–H and O–H groups in total. The number of benzene rings is 3. The van der Waals surface area contributed by atoms with Crippen LogP contribution in [0.4, 0.5) is 0 Å². The molecule has 0 spiro atoms. The number of aromatic nitrogens is 1. The molecule has 1 aliphatic carbocycles. The third-order valence-corrected chi connectivity index (χ3v) is 9.86. The van der Waals surface area contributed by atoms with E-state index in [-0.39, 0.29) is 46.5 Å². The van der Waals surface area contributed by atoms with Crippen molar-refractivity contribution in [2.75, 3.05) is 13.7 Å². The van der Waals surface area contributed by atoms with Crippen molar-refractivity contribution in [1.82, 2.24) is 4.98 Å². The Morgan fingerprint density at radius 3 is 2.42 bits per heavy atom. The van der Waals surface area contributed by atoms with Gasteiger partial charge >= 0.3 is 5.97 Å². The predicted octanol–water partition coefficient (Wildman–Crippen LogP) is 8.38. The summed E-state index contributed by atoms with van der Waals surface area (Å²) in [6.45, 7) is 5.61. The maximum atomic E-state index is 13.1. The van der Waals surface area contributed by atoms with E-state index in [9.17, 15) is 14.7 Å². The molecule has 1 heterocycles. The number of fused-ring (bicyclic) bond motifs is 1. The van der Waals surface area contributed by atoms with Crippen molar-refractivity contribution in [1.29, 1.82) is 0 Å². The average molecular weight is 660 g/mol. The van der Waals surface area contributed by atoms with Crippen LogP contribution in [0.15, 0.2) is 54.1 Å². The number of carbonyl (C=O) groups excluding carboxylic acids is 1. The van der Waals surface area contributed by atoms with E-state index >= 15 is 0 Å². The fourth-order valence-electron chi connectivity index (χ4n) is 5.21. The van der Waals surface area contributed by atoms with Crippen LogP contribution in [0.2, 0.25) is 15.1 Å². The van der Waals surface area contributed by atoms with Gasteiger partial charge in [-0.15, -0.1) is 11.3 Å². The van der Waals surface area contributed by atoms with Crippen molar-refractivity contribution >= 4 is 73.8 Å². The summed E-state index contributed by atoms with van der Waals surface area (Å²) in [6.07, 6.45) is 0.825. The van der Waals surface area contributed by atoms with Gasteiger partial charge in [0.25, 0.3) is 0 Å². The van der Waals surface area contributed by atoms with Gasteiger partial charge in [-0.1, -0.05) is 67.7 Å². The smallest absolute Gasteiger partial charge is 0.335 e. The molecule has 0 bridgehead atoms. The minimum absolute atomic E-state index is 0.0914. The van der Waals surface area contributed by atoms with Crippen LogP contribution in [0.3, 0.4) is 0 Å². The maximum Gasteiger partial charge on any atom is 0.335 e. The fraction of sp³-hybridized carbons (Fsp3) is 0.281. The molecule has 1 aromatic heterocycles. The van der Waals surface area contributed by atoms with Crippen LogP contribution < -0.4 is 15.2 Å². The van der Waals surface area contributed by atoms with E-state index in [1.165, 1.54) is 24.5 Å². The molecule has 224 valence electrons.